The van der Waals surface area contributed by atoms with E-state index in [1.165, 1.54) is 61.9 Å². The Labute approximate surface area is 185 Å². The fourth-order valence-corrected chi connectivity index (χ4v) is 5.73. The number of hydrogen-bond acceptors (Lipinski definition) is 4. The van der Waals surface area contributed by atoms with Crippen molar-refractivity contribution in [3.05, 3.63) is 58.3 Å². The first-order valence-corrected chi connectivity index (χ1v) is 12.1. The lowest BCUT2D eigenvalue weighted by atomic mass is 9.91. The molecule has 1 aromatic carbocycles. The molecule has 4 heterocycles. The monoisotopic (exact) mass is 416 g/mol. The minimum atomic E-state index is 0.126. The number of rotatable bonds is 4. The average molecular weight is 417 g/mol. The van der Waals surface area contributed by atoms with Crippen LogP contribution in [0.25, 0.3) is 0 Å². The fraction of sp³-hybridized carbons (Fsp3) is 0.538. The molecule has 4 aliphatic rings. The molecule has 2 fully saturated rings. The maximum Gasteiger partial charge on any atom is 0.256 e. The first-order valence-electron chi connectivity index (χ1n) is 12.1. The molecule has 0 bridgehead atoms. The van der Waals surface area contributed by atoms with Crippen molar-refractivity contribution in [3.63, 3.8) is 0 Å². The van der Waals surface area contributed by atoms with Crippen LogP contribution in [-0.4, -0.2) is 52.9 Å². The lowest BCUT2D eigenvalue weighted by Crippen LogP contribution is -2.41. The average Bonchev–Trinajstić information content (AvgIpc) is 3.33. The van der Waals surface area contributed by atoms with E-state index in [-0.39, 0.29) is 5.91 Å². The Kier molecular flexibility index (Phi) is 4.94. The number of carbonyl (C=O) groups is 1. The van der Waals surface area contributed by atoms with Gasteiger partial charge in [-0.25, -0.2) is 4.98 Å². The molecule has 0 spiro atoms. The van der Waals surface area contributed by atoms with E-state index < -0.39 is 0 Å². The van der Waals surface area contributed by atoms with Gasteiger partial charge < -0.3 is 9.80 Å². The Balaban J connectivity index is 1.15. The highest BCUT2D eigenvalue weighted by atomic mass is 16.2. The number of aromatic nitrogens is 1. The van der Waals surface area contributed by atoms with Gasteiger partial charge in [-0.1, -0.05) is 24.6 Å². The Bertz CT molecular complexity index is 993. The topological polar surface area (TPSA) is 39.7 Å². The second-order valence-corrected chi connectivity index (χ2v) is 9.78. The van der Waals surface area contributed by atoms with Crippen molar-refractivity contribution in [2.75, 3.05) is 31.1 Å². The molecular formula is C26H32N4O. The predicted molar refractivity (Wildman–Crippen MR) is 122 cm³/mol. The quantitative estimate of drug-likeness (QED) is 0.760. The van der Waals surface area contributed by atoms with E-state index in [0.29, 0.717) is 13.1 Å². The number of benzene rings is 1. The SMILES string of the molecule is O=C1c2cnc(N3CCCC3)cc2CN1Cc1ccc2c(c1)CCN(C1CCC1)CC2. The van der Waals surface area contributed by atoms with Crippen molar-refractivity contribution in [3.8, 4) is 0 Å². The zero-order valence-corrected chi connectivity index (χ0v) is 18.4. The summed E-state index contributed by atoms with van der Waals surface area (Å²) >= 11 is 0. The van der Waals surface area contributed by atoms with E-state index in [9.17, 15) is 4.79 Å². The van der Waals surface area contributed by atoms with Gasteiger partial charge in [0.15, 0.2) is 0 Å². The minimum Gasteiger partial charge on any atom is -0.357 e. The summed E-state index contributed by atoms with van der Waals surface area (Å²) in [6, 6.07) is 9.89. The molecule has 0 atom stereocenters. The molecule has 2 aromatic rings. The molecule has 31 heavy (non-hydrogen) atoms. The van der Waals surface area contributed by atoms with Gasteiger partial charge in [-0.15, -0.1) is 0 Å². The first-order chi connectivity index (χ1) is 15.2. The zero-order chi connectivity index (χ0) is 20.8. The molecule has 0 N–H and O–H groups in total. The third kappa shape index (κ3) is 3.63. The molecule has 5 nitrogen and oxygen atoms in total. The van der Waals surface area contributed by atoms with Crippen LogP contribution in [0.2, 0.25) is 0 Å². The molecule has 6 rings (SSSR count). The van der Waals surface area contributed by atoms with E-state index in [1.807, 2.05) is 4.90 Å². The summed E-state index contributed by atoms with van der Waals surface area (Å²) in [6.45, 7) is 5.92. The first kappa shape index (κ1) is 19.3. The normalized spacial score (nSPS) is 21.7. The van der Waals surface area contributed by atoms with Crippen LogP contribution in [0, 0.1) is 0 Å². The van der Waals surface area contributed by atoms with E-state index >= 15 is 0 Å². The van der Waals surface area contributed by atoms with Crippen molar-refractivity contribution in [2.45, 2.75) is 64.1 Å². The summed E-state index contributed by atoms with van der Waals surface area (Å²) in [7, 11) is 0. The maximum absolute atomic E-state index is 13.0. The maximum atomic E-state index is 13.0. The highest BCUT2D eigenvalue weighted by Crippen LogP contribution is 2.30. The molecular weight excluding hydrogens is 384 g/mol. The lowest BCUT2D eigenvalue weighted by molar-refractivity contribution is 0.0766. The lowest BCUT2D eigenvalue weighted by Gasteiger charge is -2.36. The van der Waals surface area contributed by atoms with Gasteiger partial charge in [-0.3, -0.25) is 9.69 Å². The van der Waals surface area contributed by atoms with Crippen LogP contribution in [0.5, 0.6) is 0 Å². The molecule has 1 saturated heterocycles. The smallest absolute Gasteiger partial charge is 0.256 e. The van der Waals surface area contributed by atoms with Crippen molar-refractivity contribution in [2.24, 2.45) is 0 Å². The van der Waals surface area contributed by atoms with Gasteiger partial charge in [0.05, 0.1) is 5.56 Å². The number of pyridine rings is 1. The number of fused-ring (bicyclic) bond motifs is 2. The second kappa shape index (κ2) is 7.94. The van der Waals surface area contributed by atoms with Crippen molar-refractivity contribution in [1.82, 2.24) is 14.8 Å². The summed E-state index contributed by atoms with van der Waals surface area (Å²) in [5.41, 5.74) is 6.16. The van der Waals surface area contributed by atoms with Gasteiger partial charge in [0, 0.05) is 51.5 Å². The summed E-state index contributed by atoms with van der Waals surface area (Å²) in [5.74, 6) is 1.16. The summed E-state index contributed by atoms with van der Waals surface area (Å²) in [4.78, 5) is 24.6. The van der Waals surface area contributed by atoms with Crippen LogP contribution in [0.1, 0.15) is 64.7 Å². The second-order valence-electron chi connectivity index (χ2n) is 9.78. The number of nitrogens with zero attached hydrogens (tertiary/aromatic N) is 4. The highest BCUT2D eigenvalue weighted by molar-refractivity contribution is 5.98. The molecule has 1 aromatic heterocycles. The van der Waals surface area contributed by atoms with E-state index in [0.717, 1.165) is 48.9 Å². The van der Waals surface area contributed by atoms with Gasteiger partial charge in [-0.2, -0.15) is 0 Å². The summed E-state index contributed by atoms with van der Waals surface area (Å²) in [6.07, 6.45) is 10.7. The Morgan fingerprint density at radius 1 is 0.903 bits per heavy atom. The molecule has 0 unspecified atom stereocenters. The van der Waals surface area contributed by atoms with Crippen LogP contribution in [0.3, 0.4) is 0 Å². The summed E-state index contributed by atoms with van der Waals surface area (Å²) in [5, 5.41) is 0. The van der Waals surface area contributed by atoms with Crippen LogP contribution in [0.15, 0.2) is 30.5 Å². The third-order valence-electron chi connectivity index (χ3n) is 7.86. The Morgan fingerprint density at radius 2 is 1.71 bits per heavy atom. The van der Waals surface area contributed by atoms with Gasteiger partial charge in [-0.05, 0) is 66.8 Å². The van der Waals surface area contributed by atoms with Gasteiger partial charge in [0.2, 0.25) is 0 Å². The molecule has 162 valence electrons. The molecule has 0 radical (unpaired) electrons. The van der Waals surface area contributed by atoms with Crippen LogP contribution in [-0.2, 0) is 25.9 Å². The summed E-state index contributed by atoms with van der Waals surface area (Å²) < 4.78 is 0. The number of anilines is 1. The van der Waals surface area contributed by atoms with Crippen LogP contribution >= 0.6 is 0 Å². The van der Waals surface area contributed by atoms with Gasteiger partial charge in [0.1, 0.15) is 5.82 Å². The van der Waals surface area contributed by atoms with Crippen LogP contribution < -0.4 is 4.90 Å². The predicted octanol–water partition coefficient (Wildman–Crippen LogP) is 3.79. The number of amides is 1. The zero-order valence-electron chi connectivity index (χ0n) is 18.4. The Morgan fingerprint density at radius 3 is 2.48 bits per heavy atom. The van der Waals surface area contributed by atoms with E-state index in [4.69, 9.17) is 0 Å². The fourth-order valence-electron chi connectivity index (χ4n) is 5.73. The molecule has 1 aliphatic carbocycles. The van der Waals surface area contributed by atoms with Gasteiger partial charge >= 0.3 is 0 Å². The number of hydrogen-bond donors (Lipinski definition) is 0. The molecule has 1 amide bonds. The van der Waals surface area contributed by atoms with Gasteiger partial charge in [0.25, 0.3) is 5.91 Å². The van der Waals surface area contributed by atoms with Crippen molar-refractivity contribution >= 4 is 11.7 Å². The van der Waals surface area contributed by atoms with Crippen molar-refractivity contribution < 1.29 is 4.79 Å². The van der Waals surface area contributed by atoms with E-state index in [2.05, 4.69) is 39.0 Å². The Hall–Kier alpha value is -2.40. The minimum absolute atomic E-state index is 0.126. The highest BCUT2D eigenvalue weighted by Gasteiger charge is 2.30. The van der Waals surface area contributed by atoms with Crippen LogP contribution in [0.4, 0.5) is 5.82 Å². The standard InChI is InChI=1S/C26H32N4O/c31-26-24-16-27-25(29-10-1-2-11-29)15-22(24)18-30(26)17-19-6-7-20-8-12-28(23-4-3-5-23)13-9-21(20)14-19/h6-7,14-16,23H,1-5,8-13,17-18H2. The molecule has 1 saturated carbocycles. The third-order valence-corrected chi connectivity index (χ3v) is 7.86. The number of carbonyl (C=O) groups excluding carboxylic acids is 1. The van der Waals surface area contributed by atoms with Crippen molar-refractivity contribution in [1.29, 1.82) is 0 Å². The molecule has 3 aliphatic heterocycles. The molecule has 5 heteroatoms. The largest absolute Gasteiger partial charge is 0.357 e. The van der Waals surface area contributed by atoms with E-state index in [1.54, 1.807) is 6.20 Å².